The van der Waals surface area contributed by atoms with Crippen molar-refractivity contribution in [2.45, 2.75) is 6.42 Å². The Labute approximate surface area is 162 Å². The maximum absolute atomic E-state index is 12.0. The number of methoxy groups -OCH3 is 1. The first-order valence-electron chi connectivity index (χ1n) is 8.72. The topological polar surface area (TPSA) is 111 Å². The molecule has 2 aromatic rings. The van der Waals surface area contributed by atoms with E-state index in [2.05, 4.69) is 5.32 Å². The predicted octanol–water partition coefficient (Wildman–Crippen LogP) is 1.55. The van der Waals surface area contributed by atoms with Gasteiger partial charge < -0.3 is 25.4 Å². The normalized spacial score (nSPS) is 16.0. The third-order valence-electron chi connectivity index (χ3n) is 4.42. The first-order chi connectivity index (χ1) is 13.5. The summed E-state index contributed by atoms with van der Waals surface area (Å²) >= 11 is 0. The van der Waals surface area contributed by atoms with E-state index in [-0.39, 0.29) is 31.4 Å². The van der Waals surface area contributed by atoms with Crippen LogP contribution >= 0.6 is 0 Å². The Bertz CT molecular complexity index is 864. The van der Waals surface area contributed by atoms with Crippen molar-refractivity contribution in [3.63, 3.8) is 0 Å². The third kappa shape index (κ3) is 4.59. The van der Waals surface area contributed by atoms with Gasteiger partial charge in [0.05, 0.1) is 13.0 Å². The summed E-state index contributed by atoms with van der Waals surface area (Å²) in [6.45, 7) is 0.121. The van der Waals surface area contributed by atoms with E-state index in [9.17, 15) is 14.4 Å². The molecule has 1 aliphatic rings. The van der Waals surface area contributed by atoms with Crippen LogP contribution in [0, 0.1) is 5.92 Å². The monoisotopic (exact) mass is 383 g/mol. The van der Waals surface area contributed by atoms with Crippen LogP contribution in [0.5, 0.6) is 11.5 Å². The SMILES string of the molecule is COc1ccc(NC(=O)COc2ccc(N3C[C@H](C(N)=O)CC3=O)cc2)cc1. The molecular formula is C20H21N3O5. The summed E-state index contributed by atoms with van der Waals surface area (Å²) in [6.07, 6.45) is 0.124. The molecule has 0 aliphatic carbocycles. The Morgan fingerprint density at radius 1 is 1.11 bits per heavy atom. The van der Waals surface area contributed by atoms with Crippen LogP contribution in [-0.4, -0.2) is 38.0 Å². The van der Waals surface area contributed by atoms with Crippen molar-refractivity contribution in [1.29, 1.82) is 0 Å². The number of anilines is 2. The highest BCUT2D eigenvalue weighted by Crippen LogP contribution is 2.26. The van der Waals surface area contributed by atoms with Gasteiger partial charge in [0, 0.05) is 24.3 Å². The summed E-state index contributed by atoms with van der Waals surface area (Å²) in [7, 11) is 1.57. The van der Waals surface area contributed by atoms with Crippen molar-refractivity contribution >= 4 is 29.1 Å². The molecule has 3 amide bonds. The number of nitrogens with zero attached hydrogens (tertiary/aromatic N) is 1. The minimum Gasteiger partial charge on any atom is -0.497 e. The van der Waals surface area contributed by atoms with Crippen molar-refractivity contribution in [2.24, 2.45) is 11.7 Å². The molecule has 3 N–H and O–H groups in total. The van der Waals surface area contributed by atoms with Gasteiger partial charge in [-0.15, -0.1) is 0 Å². The van der Waals surface area contributed by atoms with E-state index in [1.807, 2.05) is 0 Å². The van der Waals surface area contributed by atoms with Crippen LogP contribution in [0.4, 0.5) is 11.4 Å². The Hall–Kier alpha value is -3.55. The van der Waals surface area contributed by atoms with Gasteiger partial charge in [0.25, 0.3) is 5.91 Å². The summed E-state index contributed by atoms with van der Waals surface area (Å²) in [6, 6.07) is 13.7. The molecule has 3 rings (SSSR count). The fourth-order valence-corrected chi connectivity index (χ4v) is 2.89. The van der Waals surface area contributed by atoms with Gasteiger partial charge in [-0.3, -0.25) is 14.4 Å². The van der Waals surface area contributed by atoms with Gasteiger partial charge in [-0.25, -0.2) is 0 Å². The summed E-state index contributed by atoms with van der Waals surface area (Å²) < 4.78 is 10.5. The zero-order valence-corrected chi connectivity index (χ0v) is 15.4. The van der Waals surface area contributed by atoms with Crippen LogP contribution in [0.3, 0.4) is 0 Å². The maximum atomic E-state index is 12.0. The lowest BCUT2D eigenvalue weighted by atomic mass is 10.1. The smallest absolute Gasteiger partial charge is 0.262 e. The van der Waals surface area contributed by atoms with E-state index in [1.165, 1.54) is 4.90 Å². The molecule has 1 atom stereocenters. The number of ether oxygens (including phenoxy) is 2. The van der Waals surface area contributed by atoms with E-state index < -0.39 is 11.8 Å². The summed E-state index contributed by atoms with van der Waals surface area (Å²) in [5, 5.41) is 2.72. The molecular weight excluding hydrogens is 362 g/mol. The van der Waals surface area contributed by atoms with Gasteiger partial charge in [-0.2, -0.15) is 0 Å². The minimum atomic E-state index is -0.473. The van der Waals surface area contributed by atoms with Crippen molar-refractivity contribution in [3.05, 3.63) is 48.5 Å². The number of hydrogen-bond acceptors (Lipinski definition) is 5. The quantitative estimate of drug-likeness (QED) is 0.754. The molecule has 0 saturated carbocycles. The second kappa shape index (κ2) is 8.43. The number of amides is 3. The lowest BCUT2D eigenvalue weighted by molar-refractivity contribution is -0.123. The molecule has 2 aromatic carbocycles. The number of nitrogens with two attached hydrogens (primary N) is 1. The standard InChI is InChI=1S/C20H21N3O5/c1-27-16-6-2-14(3-7-16)22-18(24)12-28-17-8-4-15(5-9-17)23-11-13(20(21)26)10-19(23)25/h2-9,13H,10-12H2,1H3,(H2,21,26)(H,22,24)/t13-/m1/s1. The molecule has 0 bridgehead atoms. The number of carbonyl (C=O) groups excluding carboxylic acids is 3. The van der Waals surface area contributed by atoms with E-state index in [0.717, 1.165) is 0 Å². The minimum absolute atomic E-state index is 0.124. The summed E-state index contributed by atoms with van der Waals surface area (Å²) in [5.41, 5.74) is 6.58. The van der Waals surface area contributed by atoms with E-state index in [1.54, 1.807) is 55.6 Å². The number of hydrogen-bond donors (Lipinski definition) is 2. The first-order valence-corrected chi connectivity index (χ1v) is 8.72. The fourth-order valence-electron chi connectivity index (χ4n) is 2.89. The van der Waals surface area contributed by atoms with Crippen LogP contribution in [-0.2, 0) is 14.4 Å². The van der Waals surface area contributed by atoms with Crippen molar-refractivity contribution < 1.29 is 23.9 Å². The van der Waals surface area contributed by atoms with E-state index in [0.29, 0.717) is 22.9 Å². The average Bonchev–Trinajstić information content (AvgIpc) is 3.09. The molecule has 0 spiro atoms. The van der Waals surface area contributed by atoms with Gasteiger partial charge in [0.2, 0.25) is 11.8 Å². The molecule has 0 radical (unpaired) electrons. The highest BCUT2D eigenvalue weighted by Gasteiger charge is 2.33. The zero-order valence-electron chi connectivity index (χ0n) is 15.4. The Kier molecular flexibility index (Phi) is 5.78. The second-order valence-electron chi connectivity index (χ2n) is 6.37. The zero-order chi connectivity index (χ0) is 20.1. The maximum Gasteiger partial charge on any atom is 0.262 e. The van der Waals surface area contributed by atoms with Crippen LogP contribution in [0.1, 0.15) is 6.42 Å². The Morgan fingerprint density at radius 3 is 2.32 bits per heavy atom. The van der Waals surface area contributed by atoms with Crippen LogP contribution in [0.2, 0.25) is 0 Å². The van der Waals surface area contributed by atoms with Gasteiger partial charge in [-0.1, -0.05) is 0 Å². The highest BCUT2D eigenvalue weighted by molar-refractivity contribution is 6.00. The molecule has 1 saturated heterocycles. The van der Waals surface area contributed by atoms with Crippen molar-refractivity contribution in [1.82, 2.24) is 0 Å². The second-order valence-corrected chi connectivity index (χ2v) is 6.37. The van der Waals surface area contributed by atoms with Gasteiger partial charge in [0.15, 0.2) is 6.61 Å². The van der Waals surface area contributed by atoms with Crippen molar-refractivity contribution in [3.8, 4) is 11.5 Å². The largest absolute Gasteiger partial charge is 0.497 e. The summed E-state index contributed by atoms with van der Waals surface area (Å²) in [4.78, 5) is 36.8. The lowest BCUT2D eigenvalue weighted by Crippen LogP contribution is -2.28. The van der Waals surface area contributed by atoms with E-state index in [4.69, 9.17) is 15.2 Å². The van der Waals surface area contributed by atoms with Crippen LogP contribution in [0.15, 0.2) is 48.5 Å². The number of carbonyl (C=O) groups is 3. The molecule has 1 aliphatic heterocycles. The van der Waals surface area contributed by atoms with Crippen LogP contribution < -0.4 is 25.4 Å². The molecule has 0 unspecified atom stereocenters. The number of primary amides is 1. The van der Waals surface area contributed by atoms with Gasteiger partial charge >= 0.3 is 0 Å². The lowest BCUT2D eigenvalue weighted by Gasteiger charge is -2.16. The number of nitrogens with one attached hydrogen (secondary N) is 1. The third-order valence-corrected chi connectivity index (χ3v) is 4.42. The number of benzene rings is 2. The molecule has 0 aromatic heterocycles. The molecule has 8 heteroatoms. The van der Waals surface area contributed by atoms with E-state index >= 15 is 0 Å². The van der Waals surface area contributed by atoms with Gasteiger partial charge in [-0.05, 0) is 48.5 Å². The first kappa shape index (κ1) is 19.2. The predicted molar refractivity (Wildman–Crippen MR) is 103 cm³/mol. The van der Waals surface area contributed by atoms with Gasteiger partial charge in [0.1, 0.15) is 11.5 Å². The number of rotatable bonds is 7. The highest BCUT2D eigenvalue weighted by atomic mass is 16.5. The molecule has 146 valence electrons. The molecule has 1 heterocycles. The fraction of sp³-hybridized carbons (Fsp3) is 0.250. The molecule has 8 nitrogen and oxygen atoms in total. The average molecular weight is 383 g/mol. The molecule has 1 fully saturated rings. The summed E-state index contributed by atoms with van der Waals surface area (Å²) in [5.74, 6) is -0.187. The van der Waals surface area contributed by atoms with Crippen molar-refractivity contribution in [2.75, 3.05) is 30.5 Å². The van der Waals surface area contributed by atoms with Crippen LogP contribution in [0.25, 0.3) is 0 Å². The Balaban J connectivity index is 1.52. The Morgan fingerprint density at radius 2 is 1.75 bits per heavy atom. The molecule has 28 heavy (non-hydrogen) atoms.